The predicted molar refractivity (Wildman–Crippen MR) is 148 cm³/mol. The number of rotatable bonds is 10. The minimum atomic E-state index is -4.55. The van der Waals surface area contributed by atoms with Gasteiger partial charge < -0.3 is 20.3 Å². The van der Waals surface area contributed by atoms with Crippen LogP contribution in [0.4, 0.5) is 23.7 Å². The first-order chi connectivity index (χ1) is 18.9. The second-order valence-corrected chi connectivity index (χ2v) is 11.6. The molecule has 7 nitrogen and oxygen atoms in total. The third-order valence-corrected chi connectivity index (χ3v) is 7.08. The van der Waals surface area contributed by atoms with Crippen LogP contribution in [0.25, 0.3) is 0 Å². The Labute approximate surface area is 234 Å². The monoisotopic (exact) mass is 560 g/mol. The van der Waals surface area contributed by atoms with Gasteiger partial charge in [-0.25, -0.2) is 4.79 Å². The third kappa shape index (κ3) is 8.61. The molecule has 218 valence electrons. The van der Waals surface area contributed by atoms with Crippen molar-refractivity contribution in [3.8, 4) is 0 Å². The molecule has 1 aliphatic heterocycles. The zero-order valence-corrected chi connectivity index (χ0v) is 23.4. The minimum absolute atomic E-state index is 0.00605. The minimum Gasteiger partial charge on any atom is -0.444 e. The van der Waals surface area contributed by atoms with E-state index in [1.165, 1.54) is 47.1 Å². The van der Waals surface area contributed by atoms with Crippen molar-refractivity contribution in [1.29, 1.82) is 0 Å². The summed E-state index contributed by atoms with van der Waals surface area (Å²) >= 11 is 0. The molecule has 1 heterocycles. The van der Waals surface area contributed by atoms with Crippen molar-refractivity contribution in [3.05, 3.63) is 64.7 Å². The van der Waals surface area contributed by atoms with Gasteiger partial charge >= 0.3 is 12.3 Å². The zero-order valence-electron chi connectivity index (χ0n) is 23.4. The van der Waals surface area contributed by atoms with Crippen LogP contribution in [0.2, 0.25) is 0 Å². The number of halogens is 3. The largest absolute Gasteiger partial charge is 0.444 e. The fourth-order valence-corrected chi connectivity index (χ4v) is 4.98. The second kappa shape index (κ2) is 12.5. The Morgan fingerprint density at radius 3 is 2.52 bits per heavy atom. The van der Waals surface area contributed by atoms with Crippen LogP contribution in [0.3, 0.4) is 0 Å². The highest BCUT2D eigenvalue weighted by molar-refractivity contribution is 5.81. The molecule has 10 heteroatoms. The Balaban J connectivity index is 1.43. The van der Waals surface area contributed by atoms with E-state index in [0.29, 0.717) is 0 Å². The van der Waals surface area contributed by atoms with Crippen molar-refractivity contribution < 1.29 is 27.5 Å². The van der Waals surface area contributed by atoms with Gasteiger partial charge in [-0.3, -0.25) is 9.69 Å². The van der Waals surface area contributed by atoms with Gasteiger partial charge in [0.15, 0.2) is 0 Å². The molecule has 0 radical (unpaired) electrons. The fraction of sp³-hybridized carbons (Fsp3) is 0.533. The summed E-state index contributed by atoms with van der Waals surface area (Å²) in [6.45, 7) is 7.90. The van der Waals surface area contributed by atoms with Crippen molar-refractivity contribution >= 4 is 17.7 Å². The topological polar surface area (TPSA) is 73.9 Å². The van der Waals surface area contributed by atoms with Gasteiger partial charge in [-0.1, -0.05) is 30.3 Å². The van der Waals surface area contributed by atoms with E-state index in [9.17, 15) is 22.8 Å². The molecule has 0 aromatic heterocycles. The summed E-state index contributed by atoms with van der Waals surface area (Å²) in [4.78, 5) is 29.3. The van der Waals surface area contributed by atoms with E-state index >= 15 is 0 Å². The molecule has 2 N–H and O–H groups in total. The number of anilines is 1. The molecule has 1 saturated carbocycles. The van der Waals surface area contributed by atoms with Gasteiger partial charge in [0.25, 0.3) is 0 Å². The summed E-state index contributed by atoms with van der Waals surface area (Å²) in [5.41, 5.74) is 1.81. The summed E-state index contributed by atoms with van der Waals surface area (Å²) in [6.07, 6.45) is -1.70. The number of amides is 2. The number of ether oxygens (including phenoxy) is 1. The van der Waals surface area contributed by atoms with Crippen molar-refractivity contribution in [2.75, 3.05) is 38.0 Å². The Hall–Kier alpha value is -3.27. The number of hydrogen-bond donors (Lipinski definition) is 2. The summed E-state index contributed by atoms with van der Waals surface area (Å²) in [5.74, 6) is 0.450. The van der Waals surface area contributed by atoms with Crippen LogP contribution in [0.15, 0.2) is 42.5 Å². The number of nitrogens with zero attached hydrogens (tertiary/aromatic N) is 2. The first kappa shape index (κ1) is 29.7. The molecule has 40 heavy (non-hydrogen) atoms. The molecule has 2 amide bonds. The molecule has 4 rings (SSSR count). The summed E-state index contributed by atoms with van der Waals surface area (Å²) in [7, 11) is 0. The molecule has 2 aromatic rings. The molecule has 0 unspecified atom stereocenters. The molecule has 0 bridgehead atoms. The van der Waals surface area contributed by atoms with Gasteiger partial charge in [-0.15, -0.1) is 0 Å². The third-order valence-electron chi connectivity index (χ3n) is 7.08. The number of alkyl halides is 3. The van der Waals surface area contributed by atoms with Crippen LogP contribution in [0.1, 0.15) is 55.9 Å². The number of alkyl carbamates (subject to hydrolysis) is 1. The lowest BCUT2D eigenvalue weighted by Crippen LogP contribution is -2.42. The maximum absolute atomic E-state index is 13.7. The average molecular weight is 561 g/mol. The van der Waals surface area contributed by atoms with Crippen LogP contribution in [0.5, 0.6) is 0 Å². The van der Waals surface area contributed by atoms with Crippen molar-refractivity contribution in [3.63, 3.8) is 0 Å². The average Bonchev–Trinajstić information content (AvgIpc) is 3.69. The van der Waals surface area contributed by atoms with Gasteiger partial charge in [0.2, 0.25) is 5.91 Å². The molecule has 1 aliphatic carbocycles. The molecule has 0 saturated heterocycles. The van der Waals surface area contributed by atoms with Crippen molar-refractivity contribution in [2.45, 2.75) is 64.9 Å². The van der Waals surface area contributed by atoms with E-state index in [1.54, 1.807) is 20.8 Å². The highest BCUT2D eigenvalue weighted by Crippen LogP contribution is 2.34. The maximum atomic E-state index is 13.7. The van der Waals surface area contributed by atoms with Gasteiger partial charge in [0.1, 0.15) is 5.60 Å². The smallest absolute Gasteiger partial charge is 0.416 e. The molecule has 0 spiro atoms. The lowest BCUT2D eigenvalue weighted by Gasteiger charge is -2.30. The highest BCUT2D eigenvalue weighted by Gasteiger charge is 2.34. The zero-order chi connectivity index (χ0) is 28.9. The summed E-state index contributed by atoms with van der Waals surface area (Å²) < 4.78 is 46.2. The Morgan fingerprint density at radius 1 is 1.07 bits per heavy atom. The van der Waals surface area contributed by atoms with Crippen LogP contribution in [-0.4, -0.2) is 60.1 Å². The Kier molecular flexibility index (Phi) is 9.28. The van der Waals surface area contributed by atoms with E-state index in [4.69, 9.17) is 4.74 Å². The fourth-order valence-electron chi connectivity index (χ4n) is 4.98. The quantitative estimate of drug-likeness (QED) is 0.405. The molecular weight excluding hydrogens is 521 g/mol. The van der Waals surface area contributed by atoms with Gasteiger partial charge in [-0.2, -0.15) is 13.2 Å². The molecule has 2 aromatic carbocycles. The van der Waals surface area contributed by atoms with Crippen molar-refractivity contribution in [2.24, 2.45) is 5.92 Å². The van der Waals surface area contributed by atoms with Crippen molar-refractivity contribution in [1.82, 2.24) is 15.1 Å². The number of fused-ring (bicyclic) bond motifs is 1. The Bertz CT molecular complexity index is 1190. The van der Waals surface area contributed by atoms with Crippen LogP contribution in [-0.2, 0) is 35.2 Å². The van der Waals surface area contributed by atoms with Gasteiger partial charge in [0.05, 0.1) is 12.1 Å². The lowest BCUT2D eigenvalue weighted by atomic mass is 9.97. The van der Waals surface area contributed by atoms with E-state index < -0.39 is 23.4 Å². The molecule has 0 atom stereocenters. The standard InChI is InChI=1S/C30H39F3N4O3/c1-29(2,3)40-28(39)34-14-16-37(20-23-7-4-5-9-25(23)30(31,32)33)27(38)17-35-26-10-6-8-22-19-36(15-13-24(22)26)18-21-11-12-21/h4-10,21,35H,11-20H2,1-3H3,(H,34,39). The van der Waals surface area contributed by atoms with Crippen LogP contribution in [0, 0.1) is 5.92 Å². The van der Waals surface area contributed by atoms with Crippen LogP contribution >= 0.6 is 0 Å². The second-order valence-electron chi connectivity index (χ2n) is 11.6. The van der Waals surface area contributed by atoms with Crippen LogP contribution < -0.4 is 10.6 Å². The summed E-state index contributed by atoms with van der Waals surface area (Å²) in [5, 5.41) is 5.83. The molecule has 1 fully saturated rings. The number of carbonyl (C=O) groups excluding carboxylic acids is 2. The molecular formula is C30H39F3N4O3. The summed E-state index contributed by atoms with van der Waals surface area (Å²) in [6, 6.07) is 11.3. The highest BCUT2D eigenvalue weighted by atomic mass is 19.4. The van der Waals surface area contributed by atoms with E-state index in [0.717, 1.165) is 43.7 Å². The number of hydrogen-bond acceptors (Lipinski definition) is 5. The first-order valence-corrected chi connectivity index (χ1v) is 13.9. The Morgan fingerprint density at radius 2 is 1.82 bits per heavy atom. The normalized spacial score (nSPS) is 15.8. The van der Waals surface area contributed by atoms with E-state index in [2.05, 4.69) is 21.6 Å². The number of carbonyl (C=O) groups is 2. The van der Waals surface area contributed by atoms with E-state index in [-0.39, 0.29) is 37.6 Å². The first-order valence-electron chi connectivity index (χ1n) is 13.9. The predicted octanol–water partition coefficient (Wildman–Crippen LogP) is 5.44. The van der Waals surface area contributed by atoms with Gasteiger partial charge in [-0.05, 0) is 74.8 Å². The lowest BCUT2D eigenvalue weighted by molar-refractivity contribution is -0.139. The van der Waals surface area contributed by atoms with Gasteiger partial charge in [0, 0.05) is 45.0 Å². The molecule has 2 aliphatic rings. The van der Waals surface area contributed by atoms with E-state index in [1.807, 2.05) is 12.1 Å². The number of nitrogens with one attached hydrogen (secondary N) is 2. The number of benzene rings is 2. The maximum Gasteiger partial charge on any atom is 0.416 e. The SMILES string of the molecule is CC(C)(C)OC(=O)NCCN(Cc1ccccc1C(F)(F)F)C(=O)CNc1cccc2c1CCN(CC1CC1)C2.